The van der Waals surface area contributed by atoms with E-state index in [1.807, 2.05) is 43.3 Å². The fourth-order valence-electron chi connectivity index (χ4n) is 2.17. The summed E-state index contributed by atoms with van der Waals surface area (Å²) in [6, 6.07) is 13.9. The third-order valence-electron chi connectivity index (χ3n) is 3.57. The monoisotopic (exact) mass is 404 g/mol. The maximum Gasteiger partial charge on any atom is 0.344 e. The van der Waals surface area contributed by atoms with Gasteiger partial charge in [0, 0.05) is 6.54 Å². The SMILES string of the molecule is Cc1ccc(Cl)c(OCC(=O)OCCC(=O)NC(=O)NCc2ccccc2)c1. The third-order valence-corrected chi connectivity index (χ3v) is 3.89. The molecular weight excluding hydrogens is 384 g/mol. The van der Waals surface area contributed by atoms with Gasteiger partial charge in [-0.05, 0) is 30.2 Å². The molecule has 0 atom stereocenters. The van der Waals surface area contributed by atoms with Gasteiger partial charge in [0.05, 0.1) is 11.4 Å². The Morgan fingerprint density at radius 2 is 1.82 bits per heavy atom. The summed E-state index contributed by atoms with van der Waals surface area (Å²) in [5.74, 6) is -0.814. The quantitative estimate of drug-likeness (QED) is 0.660. The van der Waals surface area contributed by atoms with Gasteiger partial charge in [-0.15, -0.1) is 0 Å². The molecule has 0 aliphatic carbocycles. The van der Waals surface area contributed by atoms with Gasteiger partial charge in [0.1, 0.15) is 12.4 Å². The Bertz CT molecular complexity index is 827. The van der Waals surface area contributed by atoms with Crippen LogP contribution in [-0.2, 0) is 20.9 Å². The maximum atomic E-state index is 11.7. The number of hydrogen-bond acceptors (Lipinski definition) is 5. The highest BCUT2D eigenvalue weighted by atomic mass is 35.5. The number of hydrogen-bond donors (Lipinski definition) is 2. The van der Waals surface area contributed by atoms with Crippen LogP contribution in [0.1, 0.15) is 17.5 Å². The number of aryl methyl sites for hydroxylation is 1. The molecule has 0 aromatic heterocycles. The molecule has 0 heterocycles. The Morgan fingerprint density at radius 3 is 2.57 bits per heavy atom. The normalized spacial score (nSPS) is 10.1. The van der Waals surface area contributed by atoms with Crippen LogP contribution in [-0.4, -0.2) is 31.1 Å². The van der Waals surface area contributed by atoms with Crippen LogP contribution in [0.3, 0.4) is 0 Å². The summed E-state index contributed by atoms with van der Waals surface area (Å²) in [5.41, 5.74) is 1.85. The minimum Gasteiger partial charge on any atom is -0.480 e. The molecule has 7 nitrogen and oxygen atoms in total. The van der Waals surface area contributed by atoms with Gasteiger partial charge in [-0.2, -0.15) is 0 Å². The number of nitrogens with one attached hydrogen (secondary N) is 2. The number of carbonyl (C=O) groups is 3. The highest BCUT2D eigenvalue weighted by Crippen LogP contribution is 2.25. The van der Waals surface area contributed by atoms with E-state index in [-0.39, 0.29) is 19.6 Å². The molecule has 148 valence electrons. The minimum atomic E-state index is -0.640. The first-order valence-corrected chi connectivity index (χ1v) is 8.98. The van der Waals surface area contributed by atoms with Gasteiger partial charge in [0.25, 0.3) is 0 Å². The number of urea groups is 1. The fourth-order valence-corrected chi connectivity index (χ4v) is 2.34. The van der Waals surface area contributed by atoms with Crippen molar-refractivity contribution < 1.29 is 23.9 Å². The summed E-state index contributed by atoms with van der Waals surface area (Å²) in [6.45, 7) is 1.67. The Morgan fingerprint density at radius 1 is 1.07 bits per heavy atom. The molecule has 0 radical (unpaired) electrons. The molecule has 0 fully saturated rings. The van der Waals surface area contributed by atoms with Crippen molar-refractivity contribution in [2.45, 2.75) is 19.9 Å². The van der Waals surface area contributed by atoms with Crippen LogP contribution in [0.2, 0.25) is 5.02 Å². The highest BCUT2D eigenvalue weighted by Gasteiger charge is 2.11. The Labute approximate surface area is 168 Å². The molecular formula is C20H21ClN2O5. The first-order valence-electron chi connectivity index (χ1n) is 8.60. The number of halogens is 1. The van der Waals surface area contributed by atoms with Crippen molar-refractivity contribution in [3.05, 3.63) is 64.7 Å². The summed E-state index contributed by atoms with van der Waals surface area (Å²) < 4.78 is 10.2. The van der Waals surface area contributed by atoms with E-state index in [9.17, 15) is 14.4 Å². The van der Waals surface area contributed by atoms with Crippen molar-refractivity contribution in [3.63, 3.8) is 0 Å². The van der Waals surface area contributed by atoms with E-state index in [4.69, 9.17) is 21.1 Å². The molecule has 2 aromatic carbocycles. The molecule has 28 heavy (non-hydrogen) atoms. The molecule has 0 bridgehead atoms. The van der Waals surface area contributed by atoms with E-state index in [2.05, 4.69) is 10.6 Å². The topological polar surface area (TPSA) is 93.7 Å². The smallest absolute Gasteiger partial charge is 0.344 e. The van der Waals surface area contributed by atoms with Gasteiger partial charge in [-0.1, -0.05) is 48.0 Å². The molecule has 3 amide bonds. The van der Waals surface area contributed by atoms with Crippen LogP contribution < -0.4 is 15.4 Å². The zero-order chi connectivity index (χ0) is 20.4. The van der Waals surface area contributed by atoms with E-state index in [0.717, 1.165) is 11.1 Å². The van der Waals surface area contributed by atoms with Gasteiger partial charge < -0.3 is 14.8 Å². The first-order chi connectivity index (χ1) is 13.4. The van der Waals surface area contributed by atoms with Gasteiger partial charge in [-0.25, -0.2) is 9.59 Å². The van der Waals surface area contributed by atoms with E-state index in [1.165, 1.54) is 0 Å². The second kappa shape index (κ2) is 10.9. The molecule has 0 saturated carbocycles. The van der Waals surface area contributed by atoms with Crippen LogP contribution in [0.25, 0.3) is 0 Å². The summed E-state index contributed by atoms with van der Waals surface area (Å²) in [7, 11) is 0. The van der Waals surface area contributed by atoms with Crippen molar-refractivity contribution in [2.24, 2.45) is 0 Å². The Hall–Kier alpha value is -3.06. The van der Waals surface area contributed by atoms with E-state index in [1.54, 1.807) is 12.1 Å². The molecule has 8 heteroatoms. The lowest BCUT2D eigenvalue weighted by Crippen LogP contribution is -2.39. The predicted molar refractivity (Wildman–Crippen MR) is 104 cm³/mol. The van der Waals surface area contributed by atoms with Crippen molar-refractivity contribution in [2.75, 3.05) is 13.2 Å². The van der Waals surface area contributed by atoms with Crippen LogP contribution >= 0.6 is 11.6 Å². The molecule has 2 aromatic rings. The summed E-state index contributed by atoms with van der Waals surface area (Å²) in [4.78, 5) is 35.0. The standard InChI is InChI=1S/C20H21ClN2O5/c1-14-7-8-16(21)17(11-14)28-13-19(25)27-10-9-18(24)23-20(26)22-12-15-5-3-2-4-6-15/h2-8,11H,9-10,12-13H2,1H3,(H2,22,23,24,26). The maximum absolute atomic E-state index is 11.7. The van der Waals surface area contributed by atoms with Crippen molar-refractivity contribution >= 4 is 29.5 Å². The lowest BCUT2D eigenvalue weighted by atomic mass is 10.2. The number of amides is 3. The Kier molecular flexibility index (Phi) is 8.30. The van der Waals surface area contributed by atoms with Crippen molar-refractivity contribution in [3.8, 4) is 5.75 Å². The summed E-state index contributed by atoms with van der Waals surface area (Å²) in [6.07, 6.45) is -0.143. The molecule has 0 aliphatic heterocycles. The second-order valence-corrected chi connectivity index (χ2v) is 6.32. The van der Waals surface area contributed by atoms with Crippen LogP contribution in [0, 0.1) is 6.92 Å². The number of imide groups is 1. The second-order valence-electron chi connectivity index (χ2n) is 5.91. The lowest BCUT2D eigenvalue weighted by molar-refractivity contribution is -0.146. The lowest BCUT2D eigenvalue weighted by Gasteiger charge is -2.09. The number of carbonyl (C=O) groups excluding carboxylic acids is 3. The van der Waals surface area contributed by atoms with Gasteiger partial charge >= 0.3 is 12.0 Å². The first kappa shape index (κ1) is 21.2. The predicted octanol–water partition coefficient (Wildman–Crippen LogP) is 2.99. The summed E-state index contributed by atoms with van der Waals surface area (Å²) in [5, 5.41) is 5.12. The van der Waals surface area contributed by atoms with E-state index in [0.29, 0.717) is 17.3 Å². The summed E-state index contributed by atoms with van der Waals surface area (Å²) >= 11 is 5.97. The average molecular weight is 405 g/mol. The van der Waals surface area contributed by atoms with E-state index >= 15 is 0 Å². The fraction of sp³-hybridized carbons (Fsp3) is 0.250. The van der Waals surface area contributed by atoms with Crippen LogP contribution in [0.4, 0.5) is 4.79 Å². The molecule has 0 spiro atoms. The van der Waals surface area contributed by atoms with Gasteiger partial charge in [0.2, 0.25) is 5.91 Å². The zero-order valence-electron chi connectivity index (χ0n) is 15.4. The molecule has 0 saturated heterocycles. The van der Waals surface area contributed by atoms with E-state index < -0.39 is 17.9 Å². The highest BCUT2D eigenvalue weighted by molar-refractivity contribution is 6.32. The van der Waals surface area contributed by atoms with Crippen LogP contribution in [0.5, 0.6) is 5.75 Å². The Balaban J connectivity index is 1.61. The number of rotatable bonds is 8. The van der Waals surface area contributed by atoms with Crippen LogP contribution in [0.15, 0.2) is 48.5 Å². The zero-order valence-corrected chi connectivity index (χ0v) is 16.1. The van der Waals surface area contributed by atoms with Gasteiger partial charge in [-0.3, -0.25) is 10.1 Å². The van der Waals surface area contributed by atoms with Crippen molar-refractivity contribution in [1.82, 2.24) is 10.6 Å². The average Bonchev–Trinajstić information content (AvgIpc) is 2.68. The molecule has 2 N–H and O–H groups in total. The number of ether oxygens (including phenoxy) is 2. The van der Waals surface area contributed by atoms with Crippen molar-refractivity contribution in [1.29, 1.82) is 0 Å². The largest absolute Gasteiger partial charge is 0.480 e. The molecule has 0 unspecified atom stereocenters. The third kappa shape index (κ3) is 7.67. The molecule has 2 rings (SSSR count). The molecule has 0 aliphatic rings. The minimum absolute atomic E-state index is 0.143. The van der Waals surface area contributed by atoms with Gasteiger partial charge in [0.15, 0.2) is 6.61 Å². The number of benzene rings is 2. The number of esters is 1.